The molecule has 0 bridgehead atoms. The minimum Gasteiger partial charge on any atom is -0.193 e. The fourth-order valence-corrected chi connectivity index (χ4v) is 0.589. The summed E-state index contributed by atoms with van der Waals surface area (Å²) in [4.78, 5) is 0. The van der Waals surface area contributed by atoms with Crippen LogP contribution in [0.4, 0.5) is 0 Å². The Balaban J connectivity index is -0.000000209. The Labute approximate surface area is 123 Å². The van der Waals surface area contributed by atoms with E-state index in [1.165, 1.54) is 11.6 Å². The van der Waals surface area contributed by atoms with Crippen molar-refractivity contribution in [1.29, 1.82) is 5.26 Å². The molecule has 0 radical (unpaired) electrons. The lowest BCUT2D eigenvalue weighted by molar-refractivity contribution is 1.54. The smallest absolute Gasteiger partial charge is 0.0905 e. The Morgan fingerprint density at radius 1 is 0.750 bits per heavy atom. The van der Waals surface area contributed by atoms with E-state index >= 15 is 0 Å². The third kappa shape index (κ3) is 29.4. The number of nitriles is 1. The molecule has 1 aromatic rings. The summed E-state index contributed by atoms with van der Waals surface area (Å²) in [5.74, 6) is 0. The van der Waals surface area contributed by atoms with Gasteiger partial charge in [-0.3, -0.25) is 0 Å². The molecule has 104 valence electrons. The highest BCUT2D eigenvalue weighted by molar-refractivity contribution is 5.45. The predicted molar refractivity (Wildman–Crippen MR) is 93.1 cm³/mol. The number of hydrogen-bond acceptors (Lipinski definition) is 1. The highest BCUT2D eigenvalue weighted by Gasteiger charge is 1.75. The van der Waals surface area contributed by atoms with E-state index in [0.29, 0.717) is 0 Å². The van der Waals surface area contributed by atoms with Crippen LogP contribution in [0.3, 0.4) is 0 Å². The fourth-order valence-electron chi connectivity index (χ4n) is 0.589. The fraction of sp³-hybridized carbons (Fsp3) is 0. The number of benzene rings is 1. The van der Waals surface area contributed by atoms with Crippen LogP contribution in [-0.2, 0) is 0 Å². The van der Waals surface area contributed by atoms with Crippen molar-refractivity contribution in [2.45, 2.75) is 0 Å². The minimum absolute atomic E-state index is 1.17. The van der Waals surface area contributed by atoms with E-state index in [9.17, 15) is 0 Å². The van der Waals surface area contributed by atoms with Gasteiger partial charge in [-0.1, -0.05) is 100 Å². The zero-order chi connectivity index (χ0) is 16.1. The van der Waals surface area contributed by atoms with Gasteiger partial charge in [0.25, 0.3) is 0 Å². The Hall–Kier alpha value is -2.85. The number of allylic oxidation sites excluding steroid dienone is 5. The summed E-state index contributed by atoms with van der Waals surface area (Å²) < 4.78 is 0. The molecule has 20 heavy (non-hydrogen) atoms. The molecule has 0 amide bonds. The lowest BCUT2D eigenvalue weighted by atomic mass is 10.2. The van der Waals surface area contributed by atoms with Gasteiger partial charge in [-0.15, -0.1) is 0 Å². The van der Waals surface area contributed by atoms with Crippen molar-refractivity contribution in [1.82, 2.24) is 0 Å². The molecule has 1 aromatic carbocycles. The Bertz CT molecular complexity index is 395. The average Bonchev–Trinajstić information content (AvgIpc) is 2.56. The first-order chi connectivity index (χ1) is 9.67. The molecule has 0 aliphatic rings. The number of nitrogens with zero attached hydrogens (tertiary/aromatic N) is 1. The Kier molecular flexibility index (Phi) is 28.0. The molecule has 0 aliphatic carbocycles. The van der Waals surface area contributed by atoms with E-state index in [1.54, 1.807) is 30.4 Å². The quantitative estimate of drug-likeness (QED) is 0.505. The molecule has 0 fully saturated rings. The van der Waals surface area contributed by atoms with E-state index in [-0.39, 0.29) is 0 Å². The van der Waals surface area contributed by atoms with Crippen molar-refractivity contribution in [3.8, 4) is 6.07 Å². The summed E-state index contributed by atoms with van der Waals surface area (Å²) in [6.07, 6.45) is 9.57. The first kappa shape index (κ1) is 22.3. The lowest BCUT2D eigenvalue weighted by Crippen LogP contribution is -1.63. The zero-order valence-corrected chi connectivity index (χ0v) is 12.0. The normalized spacial score (nSPS) is 6.15. The summed E-state index contributed by atoms with van der Waals surface area (Å²) in [7, 11) is 0. The van der Waals surface area contributed by atoms with Crippen LogP contribution in [0.25, 0.3) is 6.08 Å². The van der Waals surface area contributed by atoms with E-state index in [4.69, 9.17) is 5.26 Å². The van der Waals surface area contributed by atoms with Gasteiger partial charge >= 0.3 is 0 Å². The predicted octanol–water partition coefficient (Wildman–Crippen LogP) is 5.74. The van der Waals surface area contributed by atoms with E-state index in [0.717, 1.165) is 0 Å². The van der Waals surface area contributed by atoms with Crippen LogP contribution >= 0.6 is 0 Å². The molecule has 1 rings (SSSR count). The summed E-state index contributed by atoms with van der Waals surface area (Å²) in [5, 5.41) is 7.51. The molecule has 1 heteroatoms. The number of hydrogen-bond donors (Lipinski definition) is 0. The average molecular weight is 265 g/mol. The Morgan fingerprint density at radius 3 is 1.25 bits per heavy atom. The molecule has 0 aromatic heterocycles. The monoisotopic (exact) mass is 265 g/mol. The van der Waals surface area contributed by atoms with Gasteiger partial charge in [-0.25, -0.2) is 0 Å². The van der Waals surface area contributed by atoms with Crippen molar-refractivity contribution in [2.24, 2.45) is 0 Å². The van der Waals surface area contributed by atoms with Gasteiger partial charge < -0.3 is 0 Å². The largest absolute Gasteiger partial charge is 0.193 e. The molecule has 0 N–H and O–H groups in total. The van der Waals surface area contributed by atoms with Crippen LogP contribution in [-0.4, -0.2) is 0 Å². The third-order valence-electron chi connectivity index (χ3n) is 1.46. The van der Waals surface area contributed by atoms with Gasteiger partial charge in [0.2, 0.25) is 0 Å². The van der Waals surface area contributed by atoms with E-state index in [1.807, 2.05) is 36.4 Å². The van der Waals surface area contributed by atoms with Gasteiger partial charge in [0.05, 0.1) is 6.07 Å². The molecule has 0 atom stereocenters. The highest BCUT2D eigenvalue weighted by Crippen LogP contribution is 1.97. The van der Waals surface area contributed by atoms with Crippen LogP contribution in [0.5, 0.6) is 0 Å². The van der Waals surface area contributed by atoms with Crippen molar-refractivity contribution in [3.63, 3.8) is 0 Å². The summed E-state index contributed by atoms with van der Waals surface area (Å²) in [6, 6.07) is 11.7. The van der Waals surface area contributed by atoms with Crippen LogP contribution in [0.2, 0.25) is 0 Å². The molecule has 1 nitrogen and oxygen atoms in total. The van der Waals surface area contributed by atoms with E-state index in [2.05, 4.69) is 39.5 Å². The second-order valence-corrected chi connectivity index (χ2v) is 2.89. The SMILES string of the molecule is C=CC#N.C=CC=C.C=CC=C.C=Cc1ccccc1. The lowest BCUT2D eigenvalue weighted by Gasteiger charge is -1.85. The first-order valence-corrected chi connectivity index (χ1v) is 5.83. The second kappa shape index (κ2) is 25.1. The zero-order valence-electron chi connectivity index (χ0n) is 12.0. The van der Waals surface area contributed by atoms with Gasteiger partial charge in [-0.05, 0) is 5.56 Å². The maximum absolute atomic E-state index is 7.51. The van der Waals surface area contributed by atoms with Crippen LogP contribution < -0.4 is 0 Å². The van der Waals surface area contributed by atoms with Crippen molar-refractivity contribution in [2.75, 3.05) is 0 Å². The van der Waals surface area contributed by atoms with Crippen LogP contribution in [0.15, 0.2) is 100 Å². The van der Waals surface area contributed by atoms with Gasteiger partial charge in [0.15, 0.2) is 0 Å². The van der Waals surface area contributed by atoms with Crippen LogP contribution in [0, 0.1) is 11.3 Å². The van der Waals surface area contributed by atoms with Gasteiger partial charge in [-0.2, -0.15) is 5.26 Å². The minimum atomic E-state index is 1.17. The van der Waals surface area contributed by atoms with Crippen molar-refractivity contribution >= 4 is 6.08 Å². The van der Waals surface area contributed by atoms with Gasteiger partial charge in [0, 0.05) is 6.08 Å². The maximum atomic E-state index is 7.51. The van der Waals surface area contributed by atoms with Crippen molar-refractivity contribution < 1.29 is 0 Å². The second-order valence-electron chi connectivity index (χ2n) is 2.89. The highest BCUT2D eigenvalue weighted by atomic mass is 14.2. The molecule has 0 heterocycles. The molecular weight excluding hydrogens is 242 g/mol. The Morgan fingerprint density at radius 2 is 1.10 bits per heavy atom. The number of rotatable bonds is 3. The molecule has 0 spiro atoms. The molecule has 0 saturated heterocycles. The van der Waals surface area contributed by atoms with Gasteiger partial charge in [0.1, 0.15) is 0 Å². The van der Waals surface area contributed by atoms with Crippen LogP contribution in [0.1, 0.15) is 5.56 Å². The molecule has 0 unspecified atom stereocenters. The summed E-state index contributed by atoms with van der Waals surface area (Å²) >= 11 is 0. The standard InChI is InChI=1S/C8H8.2C4H6.C3H3N/c1-2-8-6-4-3-5-7-8;2*1-3-4-2;1-2-3-4/h2-7H,1H2;2*3-4H,1-2H2;2H,1H2. The first-order valence-electron chi connectivity index (χ1n) is 5.83. The molecule has 0 saturated carbocycles. The molecular formula is C19H23N. The van der Waals surface area contributed by atoms with E-state index < -0.39 is 0 Å². The topological polar surface area (TPSA) is 23.8 Å². The molecule has 0 aliphatic heterocycles. The third-order valence-corrected chi connectivity index (χ3v) is 1.46. The summed E-state index contributed by atoms with van der Waals surface area (Å²) in [5.41, 5.74) is 1.17. The van der Waals surface area contributed by atoms with Crippen molar-refractivity contribution in [3.05, 3.63) is 106 Å². The maximum Gasteiger partial charge on any atom is 0.0905 e. The summed E-state index contributed by atoms with van der Waals surface area (Å²) in [6.45, 7) is 20.2.